The highest BCUT2D eigenvalue weighted by Gasteiger charge is 2.17. The minimum Gasteiger partial charge on any atom is -0.456 e. The zero-order valence-electron chi connectivity index (χ0n) is 19.1. The number of fused-ring (bicyclic) bond motifs is 6. The van der Waals surface area contributed by atoms with Crippen molar-refractivity contribution in [1.29, 1.82) is 5.26 Å². The van der Waals surface area contributed by atoms with Crippen molar-refractivity contribution < 1.29 is 4.42 Å². The normalized spacial score (nSPS) is 11.3. The fraction of sp³-hybridized carbons (Fsp3) is 0. The van der Waals surface area contributed by atoms with Gasteiger partial charge in [-0.05, 0) is 65.5 Å². The highest BCUT2D eigenvalue weighted by Crippen LogP contribution is 2.39. The van der Waals surface area contributed by atoms with Gasteiger partial charge in [0.25, 0.3) is 0 Å². The molecule has 0 saturated heterocycles. The quantitative estimate of drug-likeness (QED) is 0.243. The molecule has 0 aliphatic carbocycles. The molecule has 0 amide bonds. The highest BCUT2D eigenvalue weighted by molar-refractivity contribution is 6.11. The Morgan fingerprint density at radius 1 is 0.694 bits per heavy atom. The van der Waals surface area contributed by atoms with Gasteiger partial charge in [0, 0.05) is 21.7 Å². The molecule has 7 rings (SSSR count). The summed E-state index contributed by atoms with van der Waals surface area (Å²) in [6.45, 7) is 7.49. The molecule has 0 bridgehead atoms. The Morgan fingerprint density at radius 3 is 2.31 bits per heavy atom. The summed E-state index contributed by atoms with van der Waals surface area (Å²) >= 11 is 0. The van der Waals surface area contributed by atoms with Crippen LogP contribution in [0.15, 0.2) is 108 Å². The fourth-order valence-electron chi connectivity index (χ4n) is 5.22. The maximum atomic E-state index is 9.52. The van der Waals surface area contributed by atoms with Crippen molar-refractivity contribution in [2.24, 2.45) is 0 Å². The second kappa shape index (κ2) is 7.60. The Kier molecular flexibility index (Phi) is 4.24. The van der Waals surface area contributed by atoms with Crippen molar-refractivity contribution in [2.75, 3.05) is 0 Å². The molecule has 2 heterocycles. The van der Waals surface area contributed by atoms with Crippen molar-refractivity contribution in [2.45, 2.75) is 0 Å². The Labute approximate surface area is 206 Å². The van der Waals surface area contributed by atoms with E-state index < -0.39 is 0 Å². The zero-order valence-corrected chi connectivity index (χ0v) is 19.1. The predicted octanol–water partition coefficient (Wildman–Crippen LogP) is 8.77. The van der Waals surface area contributed by atoms with E-state index in [0.29, 0.717) is 11.3 Å². The Balaban J connectivity index is 1.54. The number of furan rings is 1. The first-order valence-electron chi connectivity index (χ1n) is 11.6. The van der Waals surface area contributed by atoms with Gasteiger partial charge in [0.15, 0.2) is 5.69 Å². The third-order valence-corrected chi connectivity index (χ3v) is 6.84. The molecular weight excluding hydrogens is 442 g/mol. The van der Waals surface area contributed by atoms with Gasteiger partial charge < -0.3 is 8.98 Å². The molecule has 166 valence electrons. The molecule has 5 aromatic carbocycles. The summed E-state index contributed by atoms with van der Waals surface area (Å²) in [5, 5.41) is 13.6. The first-order valence-corrected chi connectivity index (χ1v) is 11.6. The lowest BCUT2D eigenvalue weighted by Crippen LogP contribution is -1.97. The molecule has 0 unspecified atom stereocenters. The number of nitrogens with zero attached hydrogens (tertiary/aromatic N) is 3. The molecule has 0 atom stereocenters. The van der Waals surface area contributed by atoms with Crippen LogP contribution in [0.4, 0.5) is 5.69 Å². The monoisotopic (exact) mass is 459 g/mol. The van der Waals surface area contributed by atoms with Gasteiger partial charge in [0.2, 0.25) is 0 Å². The summed E-state index contributed by atoms with van der Waals surface area (Å²) < 4.78 is 8.28. The molecule has 0 spiro atoms. The third kappa shape index (κ3) is 2.86. The van der Waals surface area contributed by atoms with Gasteiger partial charge in [-0.1, -0.05) is 48.5 Å². The van der Waals surface area contributed by atoms with Crippen LogP contribution in [-0.4, -0.2) is 4.57 Å². The molecule has 7 aromatic rings. The minimum atomic E-state index is 0.578. The van der Waals surface area contributed by atoms with Gasteiger partial charge in [-0.3, -0.25) is 0 Å². The van der Waals surface area contributed by atoms with Crippen LogP contribution in [0.3, 0.4) is 0 Å². The van der Waals surface area contributed by atoms with Gasteiger partial charge in [-0.2, -0.15) is 5.26 Å². The molecule has 0 radical (unpaired) electrons. The Hall–Kier alpha value is -5.32. The molecule has 2 aromatic heterocycles. The van der Waals surface area contributed by atoms with Crippen LogP contribution < -0.4 is 0 Å². The number of para-hydroxylation sites is 2. The largest absolute Gasteiger partial charge is 0.456 e. The Bertz CT molecular complexity index is 2010. The highest BCUT2D eigenvalue weighted by atomic mass is 16.3. The summed E-state index contributed by atoms with van der Waals surface area (Å²) in [6, 6.07) is 36.5. The topological polar surface area (TPSA) is 46.2 Å². The first-order chi connectivity index (χ1) is 17.7. The van der Waals surface area contributed by atoms with Gasteiger partial charge >= 0.3 is 0 Å². The van der Waals surface area contributed by atoms with Crippen LogP contribution in [0.2, 0.25) is 0 Å². The first kappa shape index (κ1) is 20.1. The Morgan fingerprint density at radius 2 is 1.44 bits per heavy atom. The molecule has 4 heteroatoms. The molecular formula is C32H17N3O. The number of aromatic nitrogens is 1. The van der Waals surface area contributed by atoms with Crippen molar-refractivity contribution in [3.8, 4) is 22.9 Å². The van der Waals surface area contributed by atoms with E-state index >= 15 is 0 Å². The van der Waals surface area contributed by atoms with Crippen molar-refractivity contribution in [3.05, 3.63) is 120 Å². The molecule has 0 saturated carbocycles. The average Bonchev–Trinajstić information content (AvgIpc) is 3.47. The molecule has 0 aliphatic rings. The summed E-state index contributed by atoms with van der Waals surface area (Å²) in [5.41, 5.74) is 8.12. The maximum absolute atomic E-state index is 9.52. The molecule has 0 aliphatic heterocycles. The van der Waals surface area contributed by atoms with Crippen molar-refractivity contribution in [1.82, 2.24) is 4.57 Å². The standard InChI is InChI=1S/C32H17N3O/c1-34-22-12-14-30-26(18-22)25-16-20(19-33)10-13-29(25)35(30)28-8-4-2-6-23(28)21-11-15-32-27(17-21)24-7-3-5-9-31(24)36-32/h2-18H. The minimum absolute atomic E-state index is 0.578. The lowest BCUT2D eigenvalue weighted by atomic mass is 10.0. The van der Waals surface area contributed by atoms with E-state index in [4.69, 9.17) is 11.0 Å². The summed E-state index contributed by atoms with van der Waals surface area (Å²) in [5.74, 6) is 0. The van der Waals surface area contributed by atoms with Crippen molar-refractivity contribution >= 4 is 49.4 Å². The SMILES string of the molecule is [C-]#[N+]c1ccc2c(c1)c1cc(C#N)ccc1n2-c1ccccc1-c1ccc2oc3ccccc3c2c1. The maximum Gasteiger partial charge on any atom is 0.188 e. The molecule has 0 N–H and O–H groups in total. The van der Waals surface area contributed by atoms with Gasteiger partial charge in [0.1, 0.15) is 11.2 Å². The summed E-state index contributed by atoms with van der Waals surface area (Å²) in [4.78, 5) is 3.63. The molecule has 0 fully saturated rings. The van der Waals surface area contributed by atoms with Crippen LogP contribution in [0.1, 0.15) is 5.56 Å². The van der Waals surface area contributed by atoms with Crippen LogP contribution in [-0.2, 0) is 0 Å². The number of benzene rings is 5. The lowest BCUT2D eigenvalue weighted by molar-refractivity contribution is 0.669. The fourth-order valence-corrected chi connectivity index (χ4v) is 5.22. The van der Waals surface area contributed by atoms with E-state index in [1.165, 1.54) is 0 Å². The van der Waals surface area contributed by atoms with Gasteiger partial charge in [0.05, 0.1) is 34.9 Å². The van der Waals surface area contributed by atoms with Crippen LogP contribution in [0.5, 0.6) is 0 Å². The van der Waals surface area contributed by atoms with Gasteiger partial charge in [-0.25, -0.2) is 4.85 Å². The van der Waals surface area contributed by atoms with E-state index in [0.717, 1.165) is 60.6 Å². The second-order valence-corrected chi connectivity index (χ2v) is 8.82. The number of hydrogen-bond acceptors (Lipinski definition) is 2. The smallest absolute Gasteiger partial charge is 0.188 e. The van der Waals surface area contributed by atoms with E-state index in [-0.39, 0.29) is 0 Å². The van der Waals surface area contributed by atoms with E-state index in [1.807, 2.05) is 66.7 Å². The van der Waals surface area contributed by atoms with E-state index in [2.05, 4.69) is 51.9 Å². The third-order valence-electron chi connectivity index (χ3n) is 6.84. The number of hydrogen-bond donors (Lipinski definition) is 0. The van der Waals surface area contributed by atoms with Crippen LogP contribution >= 0.6 is 0 Å². The number of nitriles is 1. The average molecular weight is 460 g/mol. The van der Waals surface area contributed by atoms with Crippen molar-refractivity contribution in [3.63, 3.8) is 0 Å². The zero-order chi connectivity index (χ0) is 24.2. The van der Waals surface area contributed by atoms with E-state index in [9.17, 15) is 5.26 Å². The second-order valence-electron chi connectivity index (χ2n) is 8.82. The lowest BCUT2D eigenvalue weighted by Gasteiger charge is -2.14. The molecule has 4 nitrogen and oxygen atoms in total. The number of rotatable bonds is 2. The van der Waals surface area contributed by atoms with Crippen LogP contribution in [0, 0.1) is 17.9 Å². The van der Waals surface area contributed by atoms with Gasteiger partial charge in [-0.15, -0.1) is 0 Å². The van der Waals surface area contributed by atoms with Crippen LogP contribution in [0.25, 0.3) is 65.4 Å². The summed E-state index contributed by atoms with van der Waals surface area (Å²) in [6.07, 6.45) is 0. The van der Waals surface area contributed by atoms with E-state index in [1.54, 1.807) is 0 Å². The predicted molar refractivity (Wildman–Crippen MR) is 144 cm³/mol. The molecule has 36 heavy (non-hydrogen) atoms. The summed E-state index contributed by atoms with van der Waals surface area (Å²) in [7, 11) is 0.